The molecule has 0 aliphatic carbocycles. The molecule has 1 aromatic carbocycles. The second-order valence-electron chi connectivity index (χ2n) is 7.88. The maximum atomic E-state index is 2.37. The number of nitrogens with zero attached hydrogens (tertiary/aromatic N) is 1. The molecule has 0 atom stereocenters. The molecular weight excluding hydrogens is 382 g/mol. The van der Waals surface area contributed by atoms with Gasteiger partial charge in [-0.2, -0.15) is 0 Å². The number of hydrogen-bond acceptors (Lipinski definition) is 0. The van der Waals surface area contributed by atoms with Crippen LogP contribution in [0.15, 0.2) is 30.3 Å². The van der Waals surface area contributed by atoms with Crippen molar-refractivity contribution >= 4 is 0 Å². The molecule has 0 heterocycles. The van der Waals surface area contributed by atoms with E-state index in [0.717, 1.165) is 0 Å². The minimum atomic E-state index is 0. The molecule has 1 nitrogen and oxygen atoms in total. The van der Waals surface area contributed by atoms with Crippen LogP contribution in [0.25, 0.3) is 0 Å². The Hall–Kier alpha value is -0.340. The lowest BCUT2D eigenvalue weighted by Crippen LogP contribution is -3.00. The normalized spacial score (nSPS) is 11.3. The van der Waals surface area contributed by atoms with E-state index < -0.39 is 0 Å². The van der Waals surface area contributed by atoms with Crippen molar-refractivity contribution in [1.29, 1.82) is 0 Å². The Kier molecular flexibility index (Phi) is 16.6. The van der Waals surface area contributed by atoms with Crippen LogP contribution < -0.4 is 17.0 Å². The molecule has 152 valence electrons. The maximum absolute atomic E-state index is 2.37. The van der Waals surface area contributed by atoms with Gasteiger partial charge in [-0.25, -0.2) is 0 Å². The van der Waals surface area contributed by atoms with Gasteiger partial charge in [0.1, 0.15) is 6.54 Å². The van der Waals surface area contributed by atoms with E-state index in [1.54, 1.807) is 0 Å². The highest BCUT2D eigenvalue weighted by atomic mass is 79.9. The Morgan fingerprint density at radius 3 is 1.54 bits per heavy atom. The number of unbranched alkanes of at least 4 members (excludes halogenated alkanes) is 10. The molecule has 0 unspecified atom stereocenters. The van der Waals surface area contributed by atoms with Gasteiger partial charge in [-0.1, -0.05) is 95.0 Å². The molecule has 0 amide bonds. The monoisotopic (exact) mass is 425 g/mol. The molecule has 1 aromatic rings. The van der Waals surface area contributed by atoms with Gasteiger partial charge in [0.2, 0.25) is 0 Å². The molecule has 0 N–H and O–H groups in total. The number of hydrogen-bond donors (Lipinski definition) is 0. The number of quaternary nitrogens is 1. The van der Waals surface area contributed by atoms with E-state index in [-0.39, 0.29) is 17.0 Å². The summed E-state index contributed by atoms with van der Waals surface area (Å²) in [5.41, 5.74) is 1.49. The molecule has 2 heteroatoms. The minimum Gasteiger partial charge on any atom is -1.00 e. The first-order valence-electron chi connectivity index (χ1n) is 11.2. The van der Waals surface area contributed by atoms with E-state index in [2.05, 4.69) is 51.1 Å². The third kappa shape index (κ3) is 11.4. The molecule has 0 saturated carbocycles. The predicted octanol–water partition coefficient (Wildman–Crippen LogP) is 4.36. The molecule has 26 heavy (non-hydrogen) atoms. The van der Waals surface area contributed by atoms with Gasteiger partial charge in [-0.15, -0.1) is 0 Å². The fourth-order valence-electron chi connectivity index (χ4n) is 3.92. The quantitative estimate of drug-likeness (QED) is 0.272. The van der Waals surface area contributed by atoms with Crippen molar-refractivity contribution in [3.8, 4) is 0 Å². The summed E-state index contributed by atoms with van der Waals surface area (Å²) < 4.78 is 1.25. The lowest BCUT2D eigenvalue weighted by molar-refractivity contribution is -0.938. The van der Waals surface area contributed by atoms with Crippen LogP contribution in [0.1, 0.15) is 97.0 Å². The van der Waals surface area contributed by atoms with Crippen molar-refractivity contribution in [2.45, 2.75) is 97.9 Å². The zero-order chi connectivity index (χ0) is 18.2. The first-order valence-corrected chi connectivity index (χ1v) is 11.2. The van der Waals surface area contributed by atoms with Gasteiger partial charge < -0.3 is 21.5 Å². The van der Waals surface area contributed by atoms with Gasteiger partial charge in [-0.05, 0) is 26.7 Å². The van der Waals surface area contributed by atoms with Crippen LogP contribution in [-0.4, -0.2) is 24.1 Å². The molecule has 0 spiro atoms. The Labute approximate surface area is 174 Å². The summed E-state index contributed by atoms with van der Waals surface area (Å²) in [5.74, 6) is 0. The van der Waals surface area contributed by atoms with Crippen LogP contribution in [-0.2, 0) is 6.54 Å². The standard InChI is InChI=1S/C24H44N.BrH/c1-4-7-8-9-10-11-12-13-14-15-19-22-25(5-2,6-3)23-24-20-17-16-18-21-24;/h16-18,20-21H,4-15,19,22-23H2,1-3H3;1H/q+1;/p-1. The molecule has 0 radical (unpaired) electrons. The molecule has 1 rings (SSSR count). The van der Waals surface area contributed by atoms with Gasteiger partial charge in [0.25, 0.3) is 0 Å². The minimum absolute atomic E-state index is 0. The van der Waals surface area contributed by atoms with Crippen molar-refractivity contribution in [2.75, 3.05) is 19.6 Å². The summed E-state index contributed by atoms with van der Waals surface area (Å²) >= 11 is 0. The average Bonchev–Trinajstić information content (AvgIpc) is 2.66. The fourth-order valence-corrected chi connectivity index (χ4v) is 3.92. The molecular formula is C24H44BrN. The van der Waals surface area contributed by atoms with Crippen molar-refractivity contribution in [2.24, 2.45) is 0 Å². The van der Waals surface area contributed by atoms with Crippen LogP contribution in [0.2, 0.25) is 0 Å². The SMILES string of the molecule is CCCCCCCCCCCCC[N+](CC)(CC)Cc1ccccc1.[Br-]. The molecule has 0 aromatic heterocycles. The second kappa shape index (κ2) is 16.8. The predicted molar refractivity (Wildman–Crippen MR) is 113 cm³/mol. The maximum Gasteiger partial charge on any atom is 0.104 e. The number of rotatable bonds is 16. The summed E-state index contributed by atoms with van der Waals surface area (Å²) in [6.07, 6.45) is 15.8. The second-order valence-corrected chi connectivity index (χ2v) is 7.88. The van der Waals surface area contributed by atoms with E-state index >= 15 is 0 Å². The summed E-state index contributed by atoms with van der Waals surface area (Å²) in [6, 6.07) is 11.1. The van der Waals surface area contributed by atoms with Crippen molar-refractivity contribution in [3.63, 3.8) is 0 Å². The lowest BCUT2D eigenvalue weighted by Gasteiger charge is -2.37. The topological polar surface area (TPSA) is 0 Å². The summed E-state index contributed by atoms with van der Waals surface area (Å²) in [4.78, 5) is 0. The summed E-state index contributed by atoms with van der Waals surface area (Å²) in [5, 5.41) is 0. The Balaban J connectivity index is 0.00000625. The van der Waals surface area contributed by atoms with Gasteiger partial charge in [-0.3, -0.25) is 0 Å². The average molecular weight is 427 g/mol. The highest BCUT2D eigenvalue weighted by molar-refractivity contribution is 5.13. The summed E-state index contributed by atoms with van der Waals surface area (Å²) in [7, 11) is 0. The Morgan fingerprint density at radius 1 is 0.615 bits per heavy atom. The van der Waals surface area contributed by atoms with Gasteiger partial charge >= 0.3 is 0 Å². The summed E-state index contributed by atoms with van der Waals surface area (Å²) in [6.45, 7) is 12.1. The zero-order valence-corrected chi connectivity index (χ0v) is 19.4. The van der Waals surface area contributed by atoms with Crippen molar-refractivity contribution < 1.29 is 21.5 Å². The van der Waals surface area contributed by atoms with Crippen molar-refractivity contribution in [1.82, 2.24) is 0 Å². The van der Waals surface area contributed by atoms with E-state index in [1.807, 2.05) is 0 Å². The third-order valence-electron chi connectivity index (χ3n) is 5.94. The van der Waals surface area contributed by atoms with Crippen LogP contribution in [0.4, 0.5) is 0 Å². The van der Waals surface area contributed by atoms with Crippen LogP contribution in [0.5, 0.6) is 0 Å². The van der Waals surface area contributed by atoms with Crippen LogP contribution in [0.3, 0.4) is 0 Å². The van der Waals surface area contributed by atoms with E-state index in [0.29, 0.717) is 0 Å². The first kappa shape index (κ1) is 25.7. The first-order chi connectivity index (χ1) is 12.3. The van der Waals surface area contributed by atoms with Gasteiger partial charge in [0.15, 0.2) is 0 Å². The lowest BCUT2D eigenvalue weighted by atomic mass is 10.1. The number of benzene rings is 1. The van der Waals surface area contributed by atoms with Gasteiger partial charge in [0.05, 0.1) is 19.6 Å². The Morgan fingerprint density at radius 2 is 1.08 bits per heavy atom. The molecule has 0 saturated heterocycles. The highest BCUT2D eigenvalue weighted by Crippen LogP contribution is 2.17. The zero-order valence-electron chi connectivity index (χ0n) is 17.8. The Bertz CT molecular complexity index is 400. The van der Waals surface area contributed by atoms with Crippen LogP contribution >= 0.6 is 0 Å². The molecule has 0 fully saturated rings. The van der Waals surface area contributed by atoms with E-state index in [9.17, 15) is 0 Å². The largest absolute Gasteiger partial charge is 1.00 e. The molecule has 0 aliphatic rings. The highest BCUT2D eigenvalue weighted by Gasteiger charge is 2.22. The van der Waals surface area contributed by atoms with Crippen molar-refractivity contribution in [3.05, 3.63) is 35.9 Å². The van der Waals surface area contributed by atoms with Crippen LogP contribution in [0, 0.1) is 0 Å². The molecule has 0 aliphatic heterocycles. The number of halogens is 1. The fraction of sp³-hybridized carbons (Fsp3) is 0.750. The van der Waals surface area contributed by atoms with E-state index in [1.165, 1.54) is 107 Å². The smallest absolute Gasteiger partial charge is 0.104 e. The van der Waals surface area contributed by atoms with Gasteiger partial charge in [0, 0.05) is 5.56 Å². The van der Waals surface area contributed by atoms with E-state index in [4.69, 9.17) is 0 Å². The third-order valence-corrected chi connectivity index (χ3v) is 5.94. The molecule has 0 bridgehead atoms.